The van der Waals surface area contributed by atoms with Crippen molar-refractivity contribution in [1.29, 1.82) is 0 Å². The van der Waals surface area contributed by atoms with Gasteiger partial charge in [-0.3, -0.25) is 4.79 Å². The maximum Gasteiger partial charge on any atom is 0.573 e. The molecule has 1 aromatic heterocycles. The summed E-state index contributed by atoms with van der Waals surface area (Å²) in [6.07, 6.45) is -5.18. The highest BCUT2D eigenvalue weighted by Gasteiger charge is 2.31. The summed E-state index contributed by atoms with van der Waals surface area (Å²) in [6, 6.07) is 12.4. The zero-order valence-corrected chi connectivity index (χ0v) is 22.4. The van der Waals surface area contributed by atoms with Crippen molar-refractivity contribution in [2.45, 2.75) is 32.7 Å². The lowest BCUT2D eigenvalue weighted by atomic mass is 10.1. The molecule has 9 nitrogen and oxygen atoms in total. The summed E-state index contributed by atoms with van der Waals surface area (Å²) in [5.74, 6) is -1.10. The molecule has 0 radical (unpaired) electrons. The lowest BCUT2D eigenvalue weighted by molar-refractivity contribution is -0.274. The van der Waals surface area contributed by atoms with Crippen molar-refractivity contribution in [3.05, 3.63) is 59.0 Å². The first kappa shape index (κ1) is 28.0. The first-order valence-corrected chi connectivity index (χ1v) is 12.9. The zero-order chi connectivity index (χ0) is 28.4. The third kappa shape index (κ3) is 7.53. The van der Waals surface area contributed by atoms with Crippen LogP contribution in [0.15, 0.2) is 48.5 Å². The number of aromatic nitrogens is 1. The van der Waals surface area contributed by atoms with Gasteiger partial charge in [-0.2, -0.15) is 0 Å². The fourth-order valence-electron chi connectivity index (χ4n) is 3.87. The Balaban J connectivity index is 1.37. The van der Waals surface area contributed by atoms with E-state index >= 15 is 0 Å². The first-order valence-electron chi connectivity index (χ1n) is 12.0. The number of hydrogen-bond donors (Lipinski definition) is 2. The Hall–Kier alpha value is -4.00. The van der Waals surface area contributed by atoms with Crippen LogP contribution in [0.25, 0.3) is 0 Å². The lowest BCUT2D eigenvalue weighted by Crippen LogP contribution is -2.50. The van der Waals surface area contributed by atoms with Crippen molar-refractivity contribution >= 4 is 45.5 Å². The van der Waals surface area contributed by atoms with Crippen molar-refractivity contribution in [3.63, 3.8) is 0 Å². The fourth-order valence-corrected chi connectivity index (χ4v) is 4.73. The van der Waals surface area contributed by atoms with Crippen LogP contribution < -0.4 is 20.7 Å². The number of nitrogens with zero attached hydrogens (tertiary/aromatic N) is 3. The molecule has 1 aliphatic heterocycles. The number of piperazine rings is 1. The number of anilines is 4. The Labute approximate surface area is 227 Å². The second kappa shape index (κ2) is 11.0. The molecule has 0 aliphatic carbocycles. The van der Waals surface area contributed by atoms with E-state index < -0.39 is 23.5 Å². The largest absolute Gasteiger partial charge is 0.573 e. The van der Waals surface area contributed by atoms with Gasteiger partial charge in [0.1, 0.15) is 22.0 Å². The predicted molar refractivity (Wildman–Crippen MR) is 143 cm³/mol. The summed E-state index contributed by atoms with van der Waals surface area (Å²) in [7, 11) is 0. The molecule has 0 unspecified atom stereocenters. The van der Waals surface area contributed by atoms with Crippen LogP contribution in [0.4, 0.5) is 40.3 Å². The number of thiazole rings is 1. The van der Waals surface area contributed by atoms with Gasteiger partial charge in [0.05, 0.1) is 0 Å². The highest BCUT2D eigenvalue weighted by Crippen LogP contribution is 2.32. The summed E-state index contributed by atoms with van der Waals surface area (Å²) in [5.41, 5.74) is 7.10. The zero-order valence-electron chi connectivity index (χ0n) is 21.5. The van der Waals surface area contributed by atoms with Gasteiger partial charge in [0.15, 0.2) is 5.13 Å². The number of hydrogen-bond acceptors (Lipinski definition) is 9. The number of amides is 1. The number of ketones is 1. The second-order valence-corrected chi connectivity index (χ2v) is 10.8. The summed E-state index contributed by atoms with van der Waals surface area (Å²) in [4.78, 5) is 33.3. The smallest absolute Gasteiger partial charge is 0.444 e. The Morgan fingerprint density at radius 2 is 1.69 bits per heavy atom. The predicted octanol–water partition coefficient (Wildman–Crippen LogP) is 5.66. The van der Waals surface area contributed by atoms with Crippen molar-refractivity contribution in [2.24, 2.45) is 0 Å². The van der Waals surface area contributed by atoms with E-state index in [0.29, 0.717) is 37.0 Å². The lowest BCUT2D eigenvalue weighted by Gasteiger charge is -2.36. The van der Waals surface area contributed by atoms with Gasteiger partial charge in [0, 0.05) is 43.1 Å². The minimum Gasteiger partial charge on any atom is -0.444 e. The van der Waals surface area contributed by atoms with Gasteiger partial charge < -0.3 is 30.3 Å². The highest BCUT2D eigenvalue weighted by molar-refractivity contribution is 7.18. The molecule has 4 rings (SSSR count). The van der Waals surface area contributed by atoms with Crippen molar-refractivity contribution < 1.29 is 32.2 Å². The number of nitrogens with one attached hydrogen (secondary N) is 1. The molecule has 1 fully saturated rings. The number of benzene rings is 2. The van der Waals surface area contributed by atoms with E-state index in [0.717, 1.165) is 29.2 Å². The molecule has 208 valence electrons. The van der Waals surface area contributed by atoms with E-state index in [1.165, 1.54) is 12.1 Å². The minimum atomic E-state index is -4.87. The fraction of sp³-hybridized carbons (Fsp3) is 0.346. The van der Waals surface area contributed by atoms with Crippen LogP contribution >= 0.6 is 11.3 Å². The summed E-state index contributed by atoms with van der Waals surface area (Å²) >= 11 is 0.996. The van der Waals surface area contributed by atoms with Crippen molar-refractivity contribution in [3.8, 4) is 5.75 Å². The molecule has 13 heteroatoms. The monoisotopic (exact) mass is 563 g/mol. The van der Waals surface area contributed by atoms with E-state index in [2.05, 4.69) is 19.9 Å². The summed E-state index contributed by atoms with van der Waals surface area (Å²) in [6.45, 7) is 7.94. The average molecular weight is 564 g/mol. The average Bonchev–Trinajstić information content (AvgIpc) is 3.22. The third-order valence-electron chi connectivity index (χ3n) is 5.60. The van der Waals surface area contributed by atoms with Crippen LogP contribution in [0.2, 0.25) is 0 Å². The van der Waals surface area contributed by atoms with E-state index in [1.54, 1.807) is 4.90 Å². The molecule has 2 heterocycles. The highest BCUT2D eigenvalue weighted by atomic mass is 32.1. The number of nitrogen functional groups attached to an aromatic ring is 1. The van der Waals surface area contributed by atoms with Crippen molar-refractivity contribution in [2.75, 3.05) is 42.1 Å². The van der Waals surface area contributed by atoms with Gasteiger partial charge >= 0.3 is 12.5 Å². The van der Waals surface area contributed by atoms with Gasteiger partial charge in [-0.05, 0) is 57.2 Å². The molecule has 1 saturated heterocycles. The Kier molecular flexibility index (Phi) is 7.91. The number of ether oxygens (including phenoxy) is 2. The number of rotatable bonds is 6. The number of carbonyl (C=O) groups is 2. The van der Waals surface area contributed by atoms with Gasteiger partial charge in [-0.15, -0.1) is 13.2 Å². The van der Waals surface area contributed by atoms with Crippen LogP contribution in [0.1, 0.15) is 36.0 Å². The molecule has 0 atom stereocenters. The van der Waals surface area contributed by atoms with Gasteiger partial charge in [0.25, 0.3) is 0 Å². The Morgan fingerprint density at radius 3 is 2.31 bits per heavy atom. The Morgan fingerprint density at radius 1 is 1.03 bits per heavy atom. The molecule has 0 bridgehead atoms. The molecular formula is C26H28F3N5O4S. The maximum absolute atomic E-state index is 12.9. The van der Waals surface area contributed by atoms with Crippen LogP contribution in [-0.2, 0) is 4.74 Å². The van der Waals surface area contributed by atoms with Crippen molar-refractivity contribution in [1.82, 2.24) is 9.88 Å². The molecular weight excluding hydrogens is 535 g/mol. The normalized spacial score (nSPS) is 14.2. The SMILES string of the molecule is CC(C)(C)OC(=O)N1CCN(c2ccc(Nc3nc(N)c(C(=O)c4cccc(OC(F)(F)F)c4)s3)cc2)CC1. The summed E-state index contributed by atoms with van der Waals surface area (Å²) < 4.78 is 46.9. The Bertz CT molecular complexity index is 1330. The van der Waals surface area contributed by atoms with Crippen LogP contribution in [0.5, 0.6) is 5.75 Å². The number of nitrogens with two attached hydrogens (primary N) is 1. The van der Waals surface area contributed by atoms with Crippen LogP contribution in [0.3, 0.4) is 0 Å². The minimum absolute atomic E-state index is 0.00484. The van der Waals surface area contributed by atoms with Crippen LogP contribution in [-0.4, -0.2) is 59.9 Å². The molecule has 1 amide bonds. The summed E-state index contributed by atoms with van der Waals surface area (Å²) in [5, 5.41) is 3.46. The first-order chi connectivity index (χ1) is 18.3. The molecule has 1 aliphatic rings. The molecule has 0 spiro atoms. The van der Waals surface area contributed by atoms with E-state index in [9.17, 15) is 22.8 Å². The number of halogens is 3. The van der Waals surface area contributed by atoms with Gasteiger partial charge in [0.2, 0.25) is 5.78 Å². The third-order valence-corrected chi connectivity index (χ3v) is 6.59. The number of alkyl halides is 3. The quantitative estimate of drug-likeness (QED) is 0.370. The maximum atomic E-state index is 12.9. The standard InChI is InChI=1S/C26H28F3N5O4S/c1-25(2,3)38-24(36)34-13-11-33(12-14-34)18-9-7-17(8-10-18)31-23-32-22(30)21(39-23)20(35)16-5-4-6-19(15-16)37-26(27,28)29/h4-10,15H,11-14,30H2,1-3H3,(H,31,32). The van der Waals surface area contributed by atoms with Gasteiger partial charge in [-0.25, -0.2) is 9.78 Å². The van der Waals surface area contributed by atoms with E-state index in [1.807, 2.05) is 45.0 Å². The second-order valence-electron chi connectivity index (χ2n) is 9.76. The molecule has 39 heavy (non-hydrogen) atoms. The van der Waals surface area contributed by atoms with E-state index in [4.69, 9.17) is 10.5 Å². The molecule has 2 aromatic carbocycles. The molecule has 3 aromatic rings. The topological polar surface area (TPSA) is 110 Å². The van der Waals surface area contributed by atoms with Crippen LogP contribution in [0, 0.1) is 0 Å². The molecule has 0 saturated carbocycles. The molecule has 3 N–H and O–H groups in total. The van der Waals surface area contributed by atoms with E-state index in [-0.39, 0.29) is 22.4 Å². The van der Waals surface area contributed by atoms with Gasteiger partial charge in [-0.1, -0.05) is 23.5 Å². The number of carbonyl (C=O) groups excluding carboxylic acids is 2.